The number of phenolic OH excluding ortho intramolecular Hbond substituents is 1. The van der Waals surface area contributed by atoms with Gasteiger partial charge in [-0.25, -0.2) is 9.97 Å². The maximum atomic E-state index is 12.7. The van der Waals surface area contributed by atoms with Crippen LogP contribution in [0.3, 0.4) is 0 Å². The minimum absolute atomic E-state index is 0.0477. The fourth-order valence-electron chi connectivity index (χ4n) is 2.73. The fraction of sp³-hybridized carbons (Fsp3) is 0.0526. The Morgan fingerprint density at radius 1 is 1.08 bits per heavy atom. The summed E-state index contributed by atoms with van der Waals surface area (Å²) in [5.74, 6) is 0.332. The highest BCUT2D eigenvalue weighted by Gasteiger charge is 2.17. The SMILES string of the molecule is Cc1nn(-c2ccccn2)c2ncc(C(=O)c3ccccc3O)cc12. The molecule has 0 fully saturated rings. The van der Waals surface area contributed by atoms with Crippen LogP contribution in [-0.4, -0.2) is 30.6 Å². The third-order valence-corrected chi connectivity index (χ3v) is 3.98. The van der Waals surface area contributed by atoms with Gasteiger partial charge in [-0.15, -0.1) is 0 Å². The maximum absolute atomic E-state index is 12.7. The number of aromatic hydroxyl groups is 1. The van der Waals surface area contributed by atoms with E-state index in [0.717, 1.165) is 11.1 Å². The van der Waals surface area contributed by atoms with E-state index < -0.39 is 0 Å². The summed E-state index contributed by atoms with van der Waals surface area (Å²) in [4.78, 5) is 21.4. The molecule has 122 valence electrons. The molecule has 0 atom stereocenters. The van der Waals surface area contributed by atoms with E-state index in [1.54, 1.807) is 35.1 Å². The van der Waals surface area contributed by atoms with E-state index in [2.05, 4.69) is 15.1 Å². The summed E-state index contributed by atoms with van der Waals surface area (Å²) in [6.07, 6.45) is 3.19. The number of benzene rings is 1. The van der Waals surface area contributed by atoms with Gasteiger partial charge in [0.05, 0.1) is 11.3 Å². The van der Waals surface area contributed by atoms with E-state index in [-0.39, 0.29) is 17.1 Å². The molecule has 3 heterocycles. The molecule has 0 aliphatic heterocycles. The molecule has 1 N–H and O–H groups in total. The highest BCUT2D eigenvalue weighted by Crippen LogP contribution is 2.24. The molecule has 6 nitrogen and oxygen atoms in total. The molecule has 25 heavy (non-hydrogen) atoms. The number of pyridine rings is 2. The van der Waals surface area contributed by atoms with Gasteiger partial charge in [0, 0.05) is 23.3 Å². The van der Waals surface area contributed by atoms with Crippen molar-refractivity contribution in [3.8, 4) is 11.6 Å². The molecule has 0 bridgehead atoms. The van der Waals surface area contributed by atoms with Crippen LogP contribution >= 0.6 is 0 Å². The lowest BCUT2D eigenvalue weighted by Crippen LogP contribution is -2.03. The number of hydrogen-bond acceptors (Lipinski definition) is 5. The molecule has 3 aromatic heterocycles. The summed E-state index contributed by atoms with van der Waals surface area (Å²) in [6.45, 7) is 1.86. The summed E-state index contributed by atoms with van der Waals surface area (Å²) in [5, 5.41) is 15.1. The fourth-order valence-corrected chi connectivity index (χ4v) is 2.73. The van der Waals surface area contributed by atoms with Gasteiger partial charge < -0.3 is 5.11 Å². The zero-order chi connectivity index (χ0) is 17.4. The van der Waals surface area contributed by atoms with E-state index in [4.69, 9.17) is 0 Å². The van der Waals surface area contributed by atoms with Gasteiger partial charge in [-0.3, -0.25) is 4.79 Å². The summed E-state index contributed by atoms with van der Waals surface area (Å²) >= 11 is 0. The number of nitrogens with zero attached hydrogens (tertiary/aromatic N) is 4. The van der Waals surface area contributed by atoms with Crippen LogP contribution in [0, 0.1) is 6.92 Å². The second-order valence-corrected chi connectivity index (χ2v) is 5.63. The molecule has 0 aliphatic rings. The smallest absolute Gasteiger partial charge is 0.198 e. The third-order valence-electron chi connectivity index (χ3n) is 3.98. The molecule has 0 spiro atoms. The average Bonchev–Trinajstić information content (AvgIpc) is 2.98. The van der Waals surface area contributed by atoms with Crippen LogP contribution in [0.15, 0.2) is 60.9 Å². The van der Waals surface area contributed by atoms with E-state index in [1.165, 1.54) is 12.3 Å². The van der Waals surface area contributed by atoms with E-state index in [1.807, 2.05) is 25.1 Å². The Labute approximate surface area is 143 Å². The molecule has 0 aliphatic carbocycles. The highest BCUT2D eigenvalue weighted by atomic mass is 16.3. The molecular weight excluding hydrogens is 316 g/mol. The molecule has 0 saturated carbocycles. The number of carbonyl (C=O) groups is 1. The van der Waals surface area contributed by atoms with Gasteiger partial charge in [0.25, 0.3) is 0 Å². The second-order valence-electron chi connectivity index (χ2n) is 5.63. The first-order valence-electron chi connectivity index (χ1n) is 7.74. The number of aryl methyl sites for hydroxylation is 1. The number of carbonyl (C=O) groups excluding carboxylic acids is 1. The van der Waals surface area contributed by atoms with Crippen molar-refractivity contribution in [1.82, 2.24) is 19.7 Å². The molecule has 0 saturated heterocycles. The van der Waals surface area contributed by atoms with Crippen LogP contribution in [-0.2, 0) is 0 Å². The lowest BCUT2D eigenvalue weighted by Gasteiger charge is -2.04. The van der Waals surface area contributed by atoms with Gasteiger partial charge >= 0.3 is 0 Å². The number of fused-ring (bicyclic) bond motifs is 1. The number of ketones is 1. The van der Waals surface area contributed by atoms with Crippen molar-refractivity contribution in [3.63, 3.8) is 0 Å². The average molecular weight is 330 g/mol. The number of aromatic nitrogens is 4. The summed E-state index contributed by atoms with van der Waals surface area (Å²) in [6, 6.07) is 13.8. The molecule has 4 aromatic rings. The normalized spacial score (nSPS) is 10.9. The lowest BCUT2D eigenvalue weighted by atomic mass is 10.0. The standard InChI is InChI=1S/C19H14N4O2/c1-12-15-10-13(18(25)14-6-2-3-7-16(14)24)11-21-19(15)23(22-12)17-8-4-5-9-20-17/h2-11,24H,1H3. The first-order chi connectivity index (χ1) is 12.1. The summed E-state index contributed by atoms with van der Waals surface area (Å²) in [7, 11) is 0. The Morgan fingerprint density at radius 3 is 2.64 bits per heavy atom. The topological polar surface area (TPSA) is 80.9 Å². The molecule has 4 rings (SSSR count). The van der Waals surface area contributed by atoms with Crippen molar-refractivity contribution >= 4 is 16.8 Å². The second kappa shape index (κ2) is 5.83. The number of hydrogen-bond donors (Lipinski definition) is 1. The minimum atomic E-state index is -0.280. The Bertz CT molecular complexity index is 1090. The van der Waals surface area contributed by atoms with Crippen LogP contribution in [0.4, 0.5) is 0 Å². The van der Waals surface area contributed by atoms with Gasteiger partial charge in [-0.05, 0) is 37.3 Å². The van der Waals surface area contributed by atoms with Gasteiger partial charge in [0.15, 0.2) is 17.2 Å². The Kier molecular flexibility index (Phi) is 3.50. The molecule has 6 heteroatoms. The van der Waals surface area contributed by atoms with E-state index in [9.17, 15) is 9.90 Å². The predicted molar refractivity (Wildman–Crippen MR) is 92.9 cm³/mol. The lowest BCUT2D eigenvalue weighted by molar-refractivity contribution is 0.103. The van der Waals surface area contributed by atoms with Gasteiger partial charge in [0.2, 0.25) is 0 Å². The van der Waals surface area contributed by atoms with Crippen molar-refractivity contribution in [1.29, 1.82) is 0 Å². The molecule has 0 amide bonds. The maximum Gasteiger partial charge on any atom is 0.198 e. The molecular formula is C19H14N4O2. The summed E-state index contributed by atoms with van der Waals surface area (Å²) in [5.41, 5.74) is 2.03. The number of phenols is 1. The summed E-state index contributed by atoms with van der Waals surface area (Å²) < 4.78 is 1.65. The first-order valence-corrected chi connectivity index (χ1v) is 7.74. The Morgan fingerprint density at radius 2 is 1.88 bits per heavy atom. The van der Waals surface area contributed by atoms with Crippen LogP contribution < -0.4 is 0 Å². The van der Waals surface area contributed by atoms with Crippen LogP contribution in [0.1, 0.15) is 21.6 Å². The highest BCUT2D eigenvalue weighted by molar-refractivity contribution is 6.11. The zero-order valence-electron chi connectivity index (χ0n) is 13.4. The molecule has 1 aromatic carbocycles. The predicted octanol–water partition coefficient (Wildman–Crippen LogP) is 3.06. The van der Waals surface area contributed by atoms with Gasteiger partial charge in [0.1, 0.15) is 5.75 Å². The quantitative estimate of drug-likeness (QED) is 0.584. The first kappa shape index (κ1) is 15.0. The van der Waals surface area contributed by atoms with Crippen molar-refractivity contribution < 1.29 is 9.90 Å². The monoisotopic (exact) mass is 330 g/mol. The van der Waals surface area contributed by atoms with Crippen LogP contribution in [0.5, 0.6) is 5.75 Å². The molecule has 0 unspecified atom stereocenters. The van der Waals surface area contributed by atoms with Crippen LogP contribution in [0.2, 0.25) is 0 Å². The number of para-hydroxylation sites is 1. The number of rotatable bonds is 3. The van der Waals surface area contributed by atoms with Gasteiger partial charge in [-0.2, -0.15) is 9.78 Å². The Hall–Kier alpha value is -3.54. The van der Waals surface area contributed by atoms with E-state index >= 15 is 0 Å². The molecule has 0 radical (unpaired) electrons. The Balaban J connectivity index is 1.83. The van der Waals surface area contributed by atoms with Crippen LogP contribution in [0.25, 0.3) is 16.9 Å². The zero-order valence-corrected chi connectivity index (χ0v) is 13.4. The largest absolute Gasteiger partial charge is 0.507 e. The van der Waals surface area contributed by atoms with Crippen molar-refractivity contribution in [2.75, 3.05) is 0 Å². The minimum Gasteiger partial charge on any atom is -0.507 e. The van der Waals surface area contributed by atoms with Crippen molar-refractivity contribution in [3.05, 3.63) is 77.7 Å². The third kappa shape index (κ3) is 2.53. The van der Waals surface area contributed by atoms with E-state index in [0.29, 0.717) is 17.0 Å². The van der Waals surface area contributed by atoms with Gasteiger partial charge in [-0.1, -0.05) is 18.2 Å². The van der Waals surface area contributed by atoms with Crippen molar-refractivity contribution in [2.45, 2.75) is 6.92 Å². The van der Waals surface area contributed by atoms with Crippen molar-refractivity contribution in [2.24, 2.45) is 0 Å².